The first-order valence-electron chi connectivity index (χ1n) is 12.8. The predicted molar refractivity (Wildman–Crippen MR) is 162 cm³/mol. The highest BCUT2D eigenvalue weighted by Gasteiger charge is 2.29. The maximum atomic E-state index is 14.8. The Morgan fingerprint density at radius 1 is 0.447 bits per heavy atom. The topological polar surface area (TPSA) is 30.0 Å². The van der Waals surface area contributed by atoms with Gasteiger partial charge in [0.1, 0.15) is 0 Å². The van der Waals surface area contributed by atoms with Gasteiger partial charge in [0.2, 0.25) is 0 Å². The lowest BCUT2D eigenvalue weighted by Gasteiger charge is -2.20. The molecule has 2 nitrogen and oxygen atoms in total. The van der Waals surface area contributed by atoms with E-state index in [1.54, 1.807) is 0 Å². The standard InChI is InChI=1S/C35H24NOP/c37-38(27-12-3-1-4-13-27,28-14-5-2-6-15-28)29-22-19-26(20-23-29)34-31-17-9-10-18-33(31)36-35-30-16-8-7-11-25(30)21-24-32(34)35/h1-24H. The zero-order valence-electron chi connectivity index (χ0n) is 20.7. The zero-order valence-corrected chi connectivity index (χ0v) is 21.6. The van der Waals surface area contributed by atoms with Crippen molar-refractivity contribution in [2.75, 3.05) is 0 Å². The average molecular weight is 506 g/mol. The molecule has 6 aromatic carbocycles. The van der Waals surface area contributed by atoms with Gasteiger partial charge in [-0.2, -0.15) is 0 Å². The number of aromatic nitrogens is 1. The molecule has 0 amide bonds. The molecule has 0 saturated heterocycles. The average Bonchev–Trinajstić information content (AvgIpc) is 3.00. The second-order valence-electron chi connectivity index (χ2n) is 9.51. The summed E-state index contributed by atoms with van der Waals surface area (Å²) < 4.78 is 14.8. The van der Waals surface area contributed by atoms with Crippen LogP contribution in [0, 0.1) is 0 Å². The summed E-state index contributed by atoms with van der Waals surface area (Å²) in [7, 11) is -3.03. The summed E-state index contributed by atoms with van der Waals surface area (Å²) in [6.45, 7) is 0. The van der Waals surface area contributed by atoms with Gasteiger partial charge in [0.05, 0.1) is 11.0 Å². The van der Waals surface area contributed by atoms with Crippen molar-refractivity contribution in [1.29, 1.82) is 0 Å². The molecule has 0 fully saturated rings. The highest BCUT2D eigenvalue weighted by atomic mass is 31.2. The molecular weight excluding hydrogens is 481 g/mol. The number of hydrogen-bond donors (Lipinski definition) is 0. The minimum Gasteiger partial charge on any atom is -0.309 e. The van der Waals surface area contributed by atoms with Crippen LogP contribution >= 0.6 is 7.14 Å². The van der Waals surface area contributed by atoms with Crippen molar-refractivity contribution in [3.8, 4) is 11.1 Å². The van der Waals surface area contributed by atoms with Gasteiger partial charge >= 0.3 is 0 Å². The van der Waals surface area contributed by atoms with Gasteiger partial charge in [-0.25, -0.2) is 4.98 Å². The molecule has 0 spiro atoms. The number of hydrogen-bond acceptors (Lipinski definition) is 2. The van der Waals surface area contributed by atoms with Crippen molar-refractivity contribution in [2.24, 2.45) is 0 Å². The first-order valence-corrected chi connectivity index (χ1v) is 14.5. The van der Waals surface area contributed by atoms with Crippen LogP contribution < -0.4 is 15.9 Å². The fraction of sp³-hybridized carbons (Fsp3) is 0. The Hall–Kier alpha value is -4.52. The molecule has 1 aromatic heterocycles. The van der Waals surface area contributed by atoms with Crippen molar-refractivity contribution in [3.05, 3.63) is 146 Å². The van der Waals surface area contributed by atoms with Gasteiger partial charge in [0, 0.05) is 37.6 Å². The molecule has 0 aliphatic heterocycles. The van der Waals surface area contributed by atoms with E-state index in [1.807, 2.05) is 78.9 Å². The summed E-state index contributed by atoms with van der Waals surface area (Å²) >= 11 is 0. The second kappa shape index (κ2) is 9.10. The quantitative estimate of drug-likeness (QED) is 0.139. The molecular formula is C35H24NOP. The predicted octanol–water partition coefficient (Wildman–Crippen LogP) is 7.85. The number of para-hydroxylation sites is 1. The van der Waals surface area contributed by atoms with Crippen molar-refractivity contribution < 1.29 is 4.57 Å². The van der Waals surface area contributed by atoms with E-state index < -0.39 is 7.14 Å². The van der Waals surface area contributed by atoms with Crippen molar-refractivity contribution in [1.82, 2.24) is 4.98 Å². The summed E-state index contributed by atoms with van der Waals surface area (Å²) in [5.41, 5.74) is 4.20. The number of fused-ring (bicyclic) bond motifs is 4. The van der Waals surface area contributed by atoms with Crippen LogP contribution in [0.2, 0.25) is 0 Å². The minimum absolute atomic E-state index is 0.826. The Morgan fingerprint density at radius 2 is 1.00 bits per heavy atom. The van der Waals surface area contributed by atoms with E-state index in [0.717, 1.165) is 54.2 Å². The molecule has 38 heavy (non-hydrogen) atoms. The second-order valence-corrected chi connectivity index (χ2v) is 12.3. The lowest BCUT2D eigenvalue weighted by molar-refractivity contribution is 0.592. The van der Waals surface area contributed by atoms with Crippen LogP contribution in [0.25, 0.3) is 43.7 Å². The Kier molecular flexibility index (Phi) is 5.43. The van der Waals surface area contributed by atoms with Crippen LogP contribution in [0.5, 0.6) is 0 Å². The zero-order chi connectivity index (χ0) is 25.5. The van der Waals surface area contributed by atoms with Gasteiger partial charge < -0.3 is 4.57 Å². The third-order valence-corrected chi connectivity index (χ3v) is 10.4. The smallest absolute Gasteiger partial charge is 0.171 e. The molecule has 0 N–H and O–H groups in total. The Morgan fingerprint density at radius 3 is 1.68 bits per heavy atom. The molecule has 7 aromatic rings. The van der Waals surface area contributed by atoms with Crippen LogP contribution in [0.4, 0.5) is 0 Å². The highest BCUT2D eigenvalue weighted by molar-refractivity contribution is 7.85. The van der Waals surface area contributed by atoms with Gasteiger partial charge in [-0.15, -0.1) is 0 Å². The molecule has 3 heteroatoms. The molecule has 180 valence electrons. The van der Waals surface area contributed by atoms with Crippen LogP contribution in [-0.2, 0) is 4.57 Å². The Balaban J connectivity index is 1.47. The van der Waals surface area contributed by atoms with Gasteiger partial charge in [-0.3, -0.25) is 0 Å². The van der Waals surface area contributed by atoms with E-state index in [2.05, 4.69) is 66.7 Å². The van der Waals surface area contributed by atoms with E-state index in [1.165, 1.54) is 5.39 Å². The highest BCUT2D eigenvalue weighted by Crippen LogP contribution is 2.43. The van der Waals surface area contributed by atoms with Crippen LogP contribution in [0.3, 0.4) is 0 Å². The maximum absolute atomic E-state index is 14.8. The van der Waals surface area contributed by atoms with E-state index in [9.17, 15) is 4.57 Å². The summed E-state index contributed by atoms with van der Waals surface area (Å²) in [6, 6.07) is 49.0. The fourth-order valence-electron chi connectivity index (χ4n) is 5.50. The number of pyridine rings is 1. The minimum atomic E-state index is -3.03. The number of nitrogens with zero attached hydrogens (tertiary/aromatic N) is 1. The van der Waals surface area contributed by atoms with Crippen molar-refractivity contribution >= 4 is 55.6 Å². The Bertz CT molecular complexity index is 1940. The summed E-state index contributed by atoms with van der Waals surface area (Å²) in [5, 5.41) is 7.05. The fourth-order valence-corrected chi connectivity index (χ4v) is 8.14. The van der Waals surface area contributed by atoms with Crippen LogP contribution in [0.15, 0.2) is 146 Å². The maximum Gasteiger partial charge on any atom is 0.171 e. The molecule has 0 radical (unpaired) electrons. The Labute approximate surface area is 221 Å². The van der Waals surface area contributed by atoms with Gasteiger partial charge in [-0.1, -0.05) is 140 Å². The number of benzene rings is 6. The van der Waals surface area contributed by atoms with E-state index in [-0.39, 0.29) is 0 Å². The number of rotatable bonds is 4. The lowest BCUT2D eigenvalue weighted by Crippen LogP contribution is -2.24. The molecule has 7 rings (SSSR count). The van der Waals surface area contributed by atoms with Crippen molar-refractivity contribution in [2.45, 2.75) is 0 Å². The van der Waals surface area contributed by atoms with Crippen LogP contribution in [0.1, 0.15) is 0 Å². The molecule has 1 heterocycles. The van der Waals surface area contributed by atoms with E-state index in [0.29, 0.717) is 0 Å². The first-order chi connectivity index (χ1) is 18.7. The van der Waals surface area contributed by atoms with Crippen LogP contribution in [-0.4, -0.2) is 4.98 Å². The van der Waals surface area contributed by atoms with Gasteiger partial charge in [0.15, 0.2) is 7.14 Å². The largest absolute Gasteiger partial charge is 0.309 e. The van der Waals surface area contributed by atoms with E-state index >= 15 is 0 Å². The van der Waals surface area contributed by atoms with Crippen molar-refractivity contribution in [3.63, 3.8) is 0 Å². The van der Waals surface area contributed by atoms with Gasteiger partial charge in [-0.05, 0) is 17.0 Å². The van der Waals surface area contributed by atoms with E-state index in [4.69, 9.17) is 4.98 Å². The normalized spacial score (nSPS) is 11.8. The van der Waals surface area contributed by atoms with Gasteiger partial charge in [0.25, 0.3) is 0 Å². The summed E-state index contributed by atoms with van der Waals surface area (Å²) in [5.74, 6) is 0. The molecule has 0 aliphatic rings. The molecule has 0 atom stereocenters. The molecule has 0 unspecified atom stereocenters. The third-order valence-electron chi connectivity index (χ3n) is 7.33. The third kappa shape index (κ3) is 3.57. The first kappa shape index (κ1) is 22.7. The summed E-state index contributed by atoms with van der Waals surface area (Å²) in [4.78, 5) is 5.08. The SMILES string of the molecule is O=P(c1ccccc1)(c1ccccc1)c1ccc(-c2c3ccccc3nc3c2ccc2ccccc23)cc1. The monoisotopic (exact) mass is 505 g/mol. The summed E-state index contributed by atoms with van der Waals surface area (Å²) in [6.07, 6.45) is 0. The molecule has 0 aliphatic carbocycles. The molecule has 0 bridgehead atoms. The lowest BCUT2D eigenvalue weighted by atomic mass is 9.94. The molecule has 0 saturated carbocycles.